The number of carbonyl (C=O) groups is 1. The minimum absolute atomic E-state index is 0.170. The Morgan fingerprint density at radius 1 is 1.35 bits per heavy atom. The highest BCUT2D eigenvalue weighted by atomic mass is 16.4. The van der Waals surface area contributed by atoms with Crippen LogP contribution in [0.25, 0.3) is 0 Å². The Morgan fingerprint density at radius 3 is 2.40 bits per heavy atom. The van der Waals surface area contributed by atoms with E-state index in [1.807, 2.05) is 20.8 Å². The van der Waals surface area contributed by atoms with Crippen molar-refractivity contribution >= 4 is 5.97 Å². The Morgan fingerprint density at radius 2 is 1.95 bits per heavy atom. The molecule has 1 rings (SSSR count). The minimum atomic E-state index is -0.847. The van der Waals surface area contributed by atoms with Crippen LogP contribution in [0.4, 0.5) is 0 Å². The van der Waals surface area contributed by atoms with E-state index in [0.717, 1.165) is 19.0 Å². The molecule has 0 amide bonds. The number of carboxylic acids is 1. The van der Waals surface area contributed by atoms with Crippen LogP contribution in [-0.4, -0.2) is 46.7 Å². The van der Waals surface area contributed by atoms with Crippen LogP contribution in [0.15, 0.2) is 0 Å². The molecule has 0 bridgehead atoms. The highest BCUT2D eigenvalue weighted by molar-refractivity contribution is 5.78. The highest BCUT2D eigenvalue weighted by Crippen LogP contribution is 2.26. The maximum absolute atomic E-state index is 11.6. The number of hydrogen-bond donors (Lipinski definition) is 2. The lowest BCUT2D eigenvalue weighted by Gasteiger charge is -2.41. The Balaban J connectivity index is 2.67. The summed E-state index contributed by atoms with van der Waals surface area (Å²) < 4.78 is 0. The second-order valence-electron chi connectivity index (χ2n) is 7.23. The van der Waals surface area contributed by atoms with Gasteiger partial charge < -0.3 is 10.0 Å². The average Bonchev–Trinajstić information content (AvgIpc) is 2.31. The Hall–Kier alpha value is -0.610. The summed E-state index contributed by atoms with van der Waals surface area (Å²) in [6.45, 7) is 14.7. The van der Waals surface area contributed by atoms with Gasteiger partial charge in [-0.3, -0.25) is 10.1 Å². The van der Waals surface area contributed by atoms with Gasteiger partial charge in [0.1, 0.15) is 5.54 Å². The molecular formula is C16H32N2O2. The molecule has 0 aromatic rings. The SMILES string of the molecule is CC(C)NC(C)(CC(C)N1CCC(C)C(C)C1)C(=O)O. The van der Waals surface area contributed by atoms with E-state index in [1.54, 1.807) is 0 Å². The maximum Gasteiger partial charge on any atom is 0.323 e. The second-order valence-corrected chi connectivity index (χ2v) is 7.23. The molecule has 4 heteroatoms. The molecule has 1 saturated heterocycles. The first-order valence-corrected chi connectivity index (χ1v) is 7.91. The highest BCUT2D eigenvalue weighted by Gasteiger charge is 2.37. The van der Waals surface area contributed by atoms with Gasteiger partial charge in [0.2, 0.25) is 0 Å². The lowest BCUT2D eigenvalue weighted by Crippen LogP contribution is -2.56. The van der Waals surface area contributed by atoms with Crippen LogP contribution in [0, 0.1) is 11.8 Å². The van der Waals surface area contributed by atoms with E-state index in [-0.39, 0.29) is 12.1 Å². The summed E-state index contributed by atoms with van der Waals surface area (Å²) in [7, 11) is 0. The molecule has 4 unspecified atom stereocenters. The lowest BCUT2D eigenvalue weighted by atomic mass is 9.86. The molecule has 1 aliphatic rings. The van der Waals surface area contributed by atoms with Crippen molar-refractivity contribution in [3.63, 3.8) is 0 Å². The third-order valence-corrected chi connectivity index (χ3v) is 4.77. The molecule has 0 radical (unpaired) electrons. The molecule has 0 aromatic carbocycles. The van der Waals surface area contributed by atoms with Crippen molar-refractivity contribution in [3.8, 4) is 0 Å². The molecule has 4 atom stereocenters. The fourth-order valence-electron chi connectivity index (χ4n) is 3.26. The van der Waals surface area contributed by atoms with Crippen LogP contribution in [0.2, 0.25) is 0 Å². The Bertz CT molecular complexity index is 332. The van der Waals surface area contributed by atoms with Crippen molar-refractivity contribution < 1.29 is 9.90 Å². The molecule has 0 spiro atoms. The van der Waals surface area contributed by atoms with Crippen LogP contribution in [0.1, 0.15) is 54.4 Å². The number of nitrogens with one attached hydrogen (secondary N) is 1. The third kappa shape index (κ3) is 4.45. The van der Waals surface area contributed by atoms with Gasteiger partial charge >= 0.3 is 5.97 Å². The van der Waals surface area contributed by atoms with Gasteiger partial charge in [-0.15, -0.1) is 0 Å². The summed E-state index contributed by atoms with van der Waals surface area (Å²) in [5.74, 6) is 0.718. The van der Waals surface area contributed by atoms with Crippen molar-refractivity contribution in [3.05, 3.63) is 0 Å². The van der Waals surface area contributed by atoms with Crippen molar-refractivity contribution in [2.75, 3.05) is 13.1 Å². The lowest BCUT2D eigenvalue weighted by molar-refractivity contribution is -0.145. The first-order valence-electron chi connectivity index (χ1n) is 7.91. The van der Waals surface area contributed by atoms with Gasteiger partial charge in [0, 0.05) is 18.6 Å². The van der Waals surface area contributed by atoms with Gasteiger partial charge in [0.25, 0.3) is 0 Å². The molecule has 1 heterocycles. The Kier molecular flexibility index (Phi) is 6.02. The van der Waals surface area contributed by atoms with Crippen molar-refractivity contribution in [2.45, 2.75) is 72.0 Å². The first kappa shape index (κ1) is 17.4. The fraction of sp³-hybridized carbons (Fsp3) is 0.938. The molecular weight excluding hydrogens is 252 g/mol. The third-order valence-electron chi connectivity index (χ3n) is 4.77. The monoisotopic (exact) mass is 284 g/mol. The molecule has 20 heavy (non-hydrogen) atoms. The van der Waals surface area contributed by atoms with Crippen LogP contribution in [-0.2, 0) is 4.79 Å². The molecule has 0 aromatic heterocycles. The predicted molar refractivity (Wildman–Crippen MR) is 82.9 cm³/mol. The smallest absolute Gasteiger partial charge is 0.323 e. The molecule has 118 valence electrons. The van der Waals surface area contributed by atoms with Gasteiger partial charge in [0.05, 0.1) is 0 Å². The molecule has 1 fully saturated rings. The van der Waals surface area contributed by atoms with Gasteiger partial charge in [-0.05, 0) is 58.9 Å². The van der Waals surface area contributed by atoms with Gasteiger partial charge in [-0.2, -0.15) is 0 Å². The summed E-state index contributed by atoms with van der Waals surface area (Å²) in [5.41, 5.74) is -0.847. The topological polar surface area (TPSA) is 52.6 Å². The van der Waals surface area contributed by atoms with Crippen molar-refractivity contribution in [1.29, 1.82) is 0 Å². The number of rotatable bonds is 6. The first-order chi connectivity index (χ1) is 9.15. The largest absolute Gasteiger partial charge is 0.480 e. The zero-order valence-corrected chi connectivity index (χ0v) is 13.9. The second kappa shape index (κ2) is 6.90. The summed E-state index contributed by atoms with van der Waals surface area (Å²) >= 11 is 0. The number of hydrogen-bond acceptors (Lipinski definition) is 3. The number of carboxylic acid groups (broad SMARTS) is 1. The van der Waals surface area contributed by atoms with E-state index in [9.17, 15) is 9.90 Å². The van der Waals surface area contributed by atoms with Crippen molar-refractivity contribution in [2.24, 2.45) is 11.8 Å². The maximum atomic E-state index is 11.6. The van der Waals surface area contributed by atoms with E-state index in [2.05, 4.69) is 31.0 Å². The van der Waals surface area contributed by atoms with E-state index >= 15 is 0 Å². The summed E-state index contributed by atoms with van der Waals surface area (Å²) in [6, 6.07) is 0.459. The molecule has 1 aliphatic heterocycles. The summed E-state index contributed by atoms with van der Waals surface area (Å²) in [5, 5.41) is 12.8. The molecule has 0 aliphatic carbocycles. The number of likely N-dealkylation sites (tertiary alicyclic amines) is 1. The van der Waals surface area contributed by atoms with Crippen LogP contribution in [0.3, 0.4) is 0 Å². The van der Waals surface area contributed by atoms with Gasteiger partial charge in [-0.1, -0.05) is 13.8 Å². The minimum Gasteiger partial charge on any atom is -0.480 e. The standard InChI is InChI=1S/C16H32N2O2/c1-11(2)17-16(6,15(19)20)9-14(5)18-8-7-12(3)13(4)10-18/h11-14,17H,7-10H2,1-6H3,(H,19,20). The molecule has 0 saturated carbocycles. The quantitative estimate of drug-likeness (QED) is 0.787. The summed E-state index contributed by atoms with van der Waals surface area (Å²) in [6.07, 6.45) is 1.86. The van der Waals surface area contributed by atoms with E-state index in [0.29, 0.717) is 12.3 Å². The van der Waals surface area contributed by atoms with Crippen LogP contribution < -0.4 is 5.32 Å². The van der Waals surface area contributed by atoms with Crippen LogP contribution in [0.5, 0.6) is 0 Å². The van der Waals surface area contributed by atoms with E-state index in [1.165, 1.54) is 6.42 Å². The zero-order valence-electron chi connectivity index (χ0n) is 13.9. The molecule has 2 N–H and O–H groups in total. The number of aliphatic carboxylic acids is 1. The van der Waals surface area contributed by atoms with E-state index < -0.39 is 11.5 Å². The van der Waals surface area contributed by atoms with Gasteiger partial charge in [0.15, 0.2) is 0 Å². The zero-order chi connectivity index (χ0) is 15.5. The molecule has 4 nitrogen and oxygen atoms in total. The number of nitrogens with zero attached hydrogens (tertiary/aromatic N) is 1. The average molecular weight is 284 g/mol. The fourth-order valence-corrected chi connectivity index (χ4v) is 3.26. The van der Waals surface area contributed by atoms with E-state index in [4.69, 9.17) is 0 Å². The van der Waals surface area contributed by atoms with Gasteiger partial charge in [-0.25, -0.2) is 0 Å². The van der Waals surface area contributed by atoms with Crippen LogP contribution >= 0.6 is 0 Å². The van der Waals surface area contributed by atoms with Crippen molar-refractivity contribution in [1.82, 2.24) is 10.2 Å². The summed E-state index contributed by atoms with van der Waals surface area (Å²) in [4.78, 5) is 14.1. The predicted octanol–water partition coefficient (Wildman–Crippen LogP) is 2.58. The Labute approximate surface area is 123 Å². The number of piperidine rings is 1. The normalized spacial score (nSPS) is 29.1.